The first-order valence-corrected chi connectivity index (χ1v) is 12.1. The predicted octanol–water partition coefficient (Wildman–Crippen LogP) is 5.34. The van der Waals surface area contributed by atoms with E-state index >= 15 is 0 Å². The van der Waals surface area contributed by atoms with Crippen LogP contribution in [0.3, 0.4) is 0 Å². The highest BCUT2D eigenvalue weighted by molar-refractivity contribution is 5.75. The Morgan fingerprint density at radius 3 is 2.66 bits per heavy atom. The van der Waals surface area contributed by atoms with Gasteiger partial charge in [-0.15, -0.1) is 0 Å². The minimum atomic E-state index is 0.693. The van der Waals surface area contributed by atoms with E-state index < -0.39 is 0 Å². The zero-order valence-corrected chi connectivity index (χ0v) is 20.2. The molecule has 7 nitrogen and oxygen atoms in total. The first-order chi connectivity index (χ1) is 17.3. The minimum Gasteiger partial charge on any atom is -0.378 e. The maximum absolute atomic E-state index is 5.60. The first-order valence-electron chi connectivity index (χ1n) is 12.1. The smallest absolute Gasteiger partial charge is 0.160 e. The van der Waals surface area contributed by atoms with Gasteiger partial charge < -0.3 is 9.64 Å². The summed E-state index contributed by atoms with van der Waals surface area (Å²) in [4.78, 5) is 7.24. The average molecular weight is 467 g/mol. The normalized spacial score (nSPS) is 15.1. The Hall–Kier alpha value is -3.97. The molecular weight excluding hydrogens is 436 g/mol. The van der Waals surface area contributed by atoms with Gasteiger partial charge >= 0.3 is 0 Å². The van der Waals surface area contributed by atoms with E-state index in [1.165, 1.54) is 0 Å². The molecule has 1 saturated heterocycles. The molecule has 0 spiro atoms. The molecule has 0 radical (unpaired) electrons. The van der Waals surface area contributed by atoms with Crippen molar-refractivity contribution >= 4 is 17.0 Å². The van der Waals surface area contributed by atoms with Gasteiger partial charge in [0.25, 0.3) is 0 Å². The minimum absolute atomic E-state index is 0.693. The van der Waals surface area contributed by atoms with Gasteiger partial charge in [0, 0.05) is 42.6 Å². The number of rotatable bonds is 7. The topological polar surface area (TPSA) is 60.5 Å². The molecule has 0 atom stereocenters. The van der Waals surface area contributed by atoms with Crippen molar-refractivity contribution in [1.82, 2.24) is 24.4 Å². The molecule has 4 aromatic rings. The maximum Gasteiger partial charge on any atom is 0.160 e. The van der Waals surface area contributed by atoms with Crippen molar-refractivity contribution in [3.05, 3.63) is 90.8 Å². The van der Waals surface area contributed by atoms with Gasteiger partial charge in [-0.3, -0.25) is 0 Å². The van der Waals surface area contributed by atoms with Crippen LogP contribution in [-0.2, 0) is 4.74 Å². The monoisotopic (exact) mass is 466 g/mol. The number of aromatic nitrogens is 5. The van der Waals surface area contributed by atoms with Gasteiger partial charge in [-0.05, 0) is 19.4 Å². The standard InChI is InChI=1S/C28H30N6O/c1-3-5-7-11-22(10-4-2)25-20-27-29-26(21-28(34(27)31-25)32-16-18-35-19-17-32)33-15-14-24(30-33)23-12-8-6-9-13-23/h4-15,20-21H,3,16-19H2,1-2H3/b7-5+,10-4-,22-11+. The number of allylic oxidation sites excluding steroid dienone is 6. The van der Waals surface area contributed by atoms with Gasteiger partial charge in [0.2, 0.25) is 0 Å². The molecule has 3 aromatic heterocycles. The third-order valence-electron chi connectivity index (χ3n) is 5.91. The van der Waals surface area contributed by atoms with Crippen LogP contribution in [0.5, 0.6) is 0 Å². The van der Waals surface area contributed by atoms with Crippen molar-refractivity contribution in [2.24, 2.45) is 0 Å². The van der Waals surface area contributed by atoms with Crippen LogP contribution in [0.2, 0.25) is 0 Å². The molecule has 178 valence electrons. The molecule has 1 fully saturated rings. The van der Waals surface area contributed by atoms with Gasteiger partial charge in [0.05, 0.1) is 24.6 Å². The van der Waals surface area contributed by atoms with E-state index in [0.29, 0.717) is 13.2 Å². The van der Waals surface area contributed by atoms with Crippen LogP contribution in [0.4, 0.5) is 5.82 Å². The van der Waals surface area contributed by atoms with Crippen LogP contribution in [0.25, 0.3) is 28.3 Å². The van der Waals surface area contributed by atoms with Crippen molar-refractivity contribution in [2.45, 2.75) is 20.3 Å². The lowest BCUT2D eigenvalue weighted by molar-refractivity contribution is 0.122. The summed E-state index contributed by atoms with van der Waals surface area (Å²) in [7, 11) is 0. The molecule has 4 heterocycles. The summed E-state index contributed by atoms with van der Waals surface area (Å²) >= 11 is 0. The first kappa shape index (κ1) is 22.8. The summed E-state index contributed by atoms with van der Waals surface area (Å²) in [5, 5.41) is 9.78. The molecule has 5 rings (SSSR count). The molecule has 0 N–H and O–H groups in total. The van der Waals surface area contributed by atoms with Crippen molar-refractivity contribution < 1.29 is 4.74 Å². The number of hydrogen-bond donors (Lipinski definition) is 0. The largest absolute Gasteiger partial charge is 0.378 e. The van der Waals surface area contributed by atoms with Gasteiger partial charge in [0.1, 0.15) is 5.82 Å². The van der Waals surface area contributed by atoms with Crippen LogP contribution in [-0.4, -0.2) is 50.7 Å². The molecule has 1 aliphatic rings. The molecule has 1 aromatic carbocycles. The predicted molar refractivity (Wildman–Crippen MR) is 141 cm³/mol. The van der Waals surface area contributed by atoms with Crippen molar-refractivity contribution in [2.75, 3.05) is 31.2 Å². The van der Waals surface area contributed by atoms with E-state index in [1.54, 1.807) is 0 Å². The van der Waals surface area contributed by atoms with Crippen LogP contribution in [0, 0.1) is 0 Å². The molecule has 35 heavy (non-hydrogen) atoms. The fourth-order valence-corrected chi connectivity index (χ4v) is 4.15. The lowest BCUT2D eigenvalue weighted by Crippen LogP contribution is -2.37. The maximum atomic E-state index is 5.60. The second-order valence-corrected chi connectivity index (χ2v) is 8.34. The number of morpholine rings is 1. The van der Waals surface area contributed by atoms with E-state index in [0.717, 1.165) is 59.3 Å². The number of ether oxygens (including phenoxy) is 1. The summed E-state index contributed by atoms with van der Waals surface area (Å²) < 4.78 is 9.38. The van der Waals surface area contributed by atoms with Gasteiger partial charge in [-0.2, -0.15) is 14.7 Å². The van der Waals surface area contributed by atoms with Crippen LogP contribution < -0.4 is 4.90 Å². The Morgan fingerprint density at radius 1 is 1.06 bits per heavy atom. The van der Waals surface area contributed by atoms with E-state index in [9.17, 15) is 0 Å². The summed E-state index contributed by atoms with van der Waals surface area (Å²) in [6, 6.07) is 16.3. The van der Waals surface area contributed by atoms with Crippen molar-refractivity contribution in [1.29, 1.82) is 0 Å². The Labute approximate surface area is 205 Å². The third kappa shape index (κ3) is 4.95. The van der Waals surface area contributed by atoms with Crippen molar-refractivity contribution in [3.63, 3.8) is 0 Å². The van der Waals surface area contributed by atoms with E-state index in [4.69, 9.17) is 19.9 Å². The molecule has 0 bridgehead atoms. The zero-order valence-electron chi connectivity index (χ0n) is 20.2. The highest BCUT2D eigenvalue weighted by Crippen LogP contribution is 2.25. The van der Waals surface area contributed by atoms with Gasteiger partial charge in [-0.1, -0.05) is 67.6 Å². The Bertz CT molecular complexity index is 1370. The van der Waals surface area contributed by atoms with E-state index in [2.05, 4.69) is 54.3 Å². The summed E-state index contributed by atoms with van der Waals surface area (Å²) in [6.45, 7) is 7.14. The number of nitrogens with zero attached hydrogens (tertiary/aromatic N) is 6. The summed E-state index contributed by atoms with van der Waals surface area (Å²) in [5.41, 5.74) is 4.70. The van der Waals surface area contributed by atoms with Crippen LogP contribution in [0.1, 0.15) is 26.0 Å². The summed E-state index contributed by atoms with van der Waals surface area (Å²) in [6.07, 6.45) is 13.4. The van der Waals surface area contributed by atoms with Crippen molar-refractivity contribution in [3.8, 4) is 17.1 Å². The molecule has 0 saturated carbocycles. The Morgan fingerprint density at radius 2 is 1.89 bits per heavy atom. The fourth-order valence-electron chi connectivity index (χ4n) is 4.15. The number of fused-ring (bicyclic) bond motifs is 1. The SMILES string of the molecule is C\C=C/C(=C\C=C\CC)c1cc2nc(-n3ccc(-c4ccccc4)n3)cc(N3CCOCC3)n2n1. The highest BCUT2D eigenvalue weighted by Gasteiger charge is 2.19. The molecule has 0 unspecified atom stereocenters. The molecular formula is C28H30N6O. The second kappa shape index (κ2) is 10.5. The fraction of sp³-hybridized carbons (Fsp3) is 0.250. The highest BCUT2D eigenvalue weighted by atomic mass is 16.5. The third-order valence-corrected chi connectivity index (χ3v) is 5.91. The molecule has 7 heteroatoms. The quantitative estimate of drug-likeness (QED) is 0.344. The lowest BCUT2D eigenvalue weighted by atomic mass is 10.1. The van der Waals surface area contributed by atoms with Crippen LogP contribution >= 0.6 is 0 Å². The van der Waals surface area contributed by atoms with Gasteiger partial charge in [0.15, 0.2) is 11.5 Å². The van der Waals surface area contributed by atoms with Crippen LogP contribution in [0.15, 0.2) is 85.1 Å². The molecule has 1 aliphatic heterocycles. The lowest BCUT2D eigenvalue weighted by Gasteiger charge is -2.29. The van der Waals surface area contributed by atoms with Gasteiger partial charge in [-0.25, -0.2) is 9.67 Å². The number of hydrogen-bond acceptors (Lipinski definition) is 5. The number of anilines is 1. The molecule has 0 aliphatic carbocycles. The number of benzene rings is 1. The Kier molecular flexibility index (Phi) is 6.86. The van der Waals surface area contributed by atoms with E-state index in [1.807, 2.05) is 58.7 Å². The molecule has 0 amide bonds. The van der Waals surface area contributed by atoms with E-state index in [-0.39, 0.29) is 0 Å². The zero-order chi connectivity index (χ0) is 24.0. The Balaban J connectivity index is 1.61. The summed E-state index contributed by atoms with van der Waals surface area (Å²) in [5.74, 6) is 1.75. The second-order valence-electron chi connectivity index (χ2n) is 8.34. The average Bonchev–Trinajstić information content (AvgIpc) is 3.57.